The summed E-state index contributed by atoms with van der Waals surface area (Å²) < 4.78 is 49.1. The number of benzene rings is 2. The van der Waals surface area contributed by atoms with Crippen molar-refractivity contribution < 1.29 is 32.2 Å². The molecular weight excluding hydrogens is 398 g/mol. The summed E-state index contributed by atoms with van der Waals surface area (Å²) in [5.74, 6) is -1.26. The zero-order valence-corrected chi connectivity index (χ0v) is 16.6. The summed E-state index contributed by atoms with van der Waals surface area (Å²) in [6, 6.07) is 10.1. The van der Waals surface area contributed by atoms with Crippen LogP contribution in [0.4, 0.5) is 13.2 Å². The number of hydrogen-bond acceptors (Lipinski definition) is 4. The number of halogens is 3. The summed E-state index contributed by atoms with van der Waals surface area (Å²) in [4.78, 5) is 24.2. The van der Waals surface area contributed by atoms with Crippen LogP contribution in [-0.4, -0.2) is 39.7 Å². The Hall–Kier alpha value is -2.97. The number of rotatable bonds is 9. The Kier molecular flexibility index (Phi) is 7.91. The molecule has 0 saturated carbocycles. The fraction of sp³-hybridized carbons (Fsp3) is 0.333. The fourth-order valence-corrected chi connectivity index (χ4v) is 2.84. The third kappa shape index (κ3) is 6.54. The number of ether oxygens (including phenoxy) is 2. The van der Waals surface area contributed by atoms with E-state index < -0.39 is 23.6 Å². The Morgan fingerprint density at radius 3 is 2.27 bits per heavy atom. The second-order valence-electron chi connectivity index (χ2n) is 6.56. The van der Waals surface area contributed by atoms with Crippen molar-refractivity contribution in [2.75, 3.05) is 14.2 Å². The van der Waals surface area contributed by atoms with E-state index in [-0.39, 0.29) is 30.8 Å². The average Bonchev–Trinajstić information content (AvgIpc) is 2.71. The molecule has 0 saturated heterocycles. The number of Topliss-reactive ketones (excluding diaryl/α,β-unsaturated/α-hetero) is 1. The highest BCUT2D eigenvalue weighted by Crippen LogP contribution is 2.36. The first-order valence-corrected chi connectivity index (χ1v) is 9.10. The standard InChI is InChI=1S/C21H21BF3NO4/c1-29-15-6-4-14(5-7-15)17(27)8-10-20(28)26-19(22)12-13-3-9-18(30-2)16(11-13)21(23,24)25/h3-7,9,11,19H,8,10,12H2,1-2H3,(H,26,28)/t19-/m0/s1. The number of carbonyl (C=O) groups is 2. The van der Waals surface area contributed by atoms with Crippen LogP contribution in [0.3, 0.4) is 0 Å². The highest BCUT2D eigenvalue weighted by Gasteiger charge is 2.34. The molecule has 5 nitrogen and oxygen atoms in total. The predicted octanol–water partition coefficient (Wildman–Crippen LogP) is 3.54. The summed E-state index contributed by atoms with van der Waals surface area (Å²) in [6.07, 6.45) is -4.69. The lowest BCUT2D eigenvalue weighted by Gasteiger charge is -2.17. The molecule has 9 heteroatoms. The van der Waals surface area contributed by atoms with Crippen LogP contribution in [0.1, 0.15) is 34.3 Å². The minimum atomic E-state index is -4.57. The van der Waals surface area contributed by atoms with E-state index in [1.807, 2.05) is 0 Å². The molecule has 0 aliphatic heterocycles. The summed E-state index contributed by atoms with van der Waals surface area (Å²) in [7, 11) is 8.51. The third-order valence-electron chi connectivity index (χ3n) is 4.36. The molecule has 0 bridgehead atoms. The lowest BCUT2D eigenvalue weighted by atomic mass is 9.89. The highest BCUT2D eigenvalue weighted by molar-refractivity contribution is 6.13. The maximum Gasteiger partial charge on any atom is 0.419 e. The van der Waals surface area contributed by atoms with Gasteiger partial charge in [0.05, 0.1) is 27.6 Å². The largest absolute Gasteiger partial charge is 0.497 e. The van der Waals surface area contributed by atoms with Gasteiger partial charge in [-0.25, -0.2) is 0 Å². The first kappa shape index (κ1) is 23.3. The quantitative estimate of drug-likeness (QED) is 0.499. The zero-order chi connectivity index (χ0) is 22.3. The van der Waals surface area contributed by atoms with Crippen LogP contribution in [0.15, 0.2) is 42.5 Å². The van der Waals surface area contributed by atoms with E-state index in [0.29, 0.717) is 16.9 Å². The summed E-state index contributed by atoms with van der Waals surface area (Å²) in [6.45, 7) is 0. The molecule has 0 aromatic heterocycles. The van der Waals surface area contributed by atoms with Crippen molar-refractivity contribution in [1.82, 2.24) is 5.32 Å². The van der Waals surface area contributed by atoms with Crippen LogP contribution in [0, 0.1) is 0 Å². The smallest absolute Gasteiger partial charge is 0.419 e. The molecule has 0 heterocycles. The van der Waals surface area contributed by atoms with Gasteiger partial charge in [0.1, 0.15) is 11.5 Å². The van der Waals surface area contributed by atoms with Gasteiger partial charge in [-0.15, -0.1) is 0 Å². The summed E-state index contributed by atoms with van der Waals surface area (Å²) in [5, 5.41) is 2.49. The topological polar surface area (TPSA) is 64.6 Å². The molecule has 2 rings (SSSR count). The number of alkyl halides is 3. The highest BCUT2D eigenvalue weighted by atomic mass is 19.4. The van der Waals surface area contributed by atoms with Gasteiger partial charge in [0.25, 0.3) is 0 Å². The SMILES string of the molecule is [B][C@H](Cc1ccc(OC)c(C(F)(F)F)c1)NC(=O)CCC(=O)c1ccc(OC)cc1. The van der Waals surface area contributed by atoms with Gasteiger partial charge in [-0.05, 0) is 54.3 Å². The van der Waals surface area contributed by atoms with Crippen LogP contribution in [0.2, 0.25) is 0 Å². The van der Waals surface area contributed by atoms with Gasteiger partial charge in [0.2, 0.25) is 5.91 Å². The number of amides is 1. The van der Waals surface area contributed by atoms with Crippen molar-refractivity contribution in [3.8, 4) is 11.5 Å². The maximum atomic E-state index is 13.1. The lowest BCUT2D eigenvalue weighted by molar-refractivity contribution is -0.138. The predicted molar refractivity (Wildman–Crippen MR) is 106 cm³/mol. The normalized spacial score (nSPS) is 12.2. The zero-order valence-electron chi connectivity index (χ0n) is 16.6. The van der Waals surface area contributed by atoms with Crippen LogP contribution in [0.5, 0.6) is 11.5 Å². The second-order valence-corrected chi connectivity index (χ2v) is 6.56. The van der Waals surface area contributed by atoms with E-state index in [1.54, 1.807) is 24.3 Å². The first-order valence-electron chi connectivity index (χ1n) is 9.10. The molecule has 158 valence electrons. The van der Waals surface area contributed by atoms with Crippen LogP contribution in [-0.2, 0) is 17.4 Å². The Balaban J connectivity index is 1.89. The van der Waals surface area contributed by atoms with Crippen molar-refractivity contribution in [3.63, 3.8) is 0 Å². The molecule has 0 aliphatic carbocycles. The van der Waals surface area contributed by atoms with Crippen molar-refractivity contribution in [2.24, 2.45) is 0 Å². The lowest BCUT2D eigenvalue weighted by Crippen LogP contribution is -2.36. The van der Waals surface area contributed by atoms with Gasteiger partial charge in [0, 0.05) is 18.4 Å². The Morgan fingerprint density at radius 1 is 1.03 bits per heavy atom. The minimum absolute atomic E-state index is 0.00869. The van der Waals surface area contributed by atoms with Gasteiger partial charge < -0.3 is 14.8 Å². The molecule has 2 aromatic rings. The number of hydrogen-bond donors (Lipinski definition) is 1. The molecular formula is C21H21BF3NO4. The van der Waals surface area contributed by atoms with Crippen LogP contribution >= 0.6 is 0 Å². The van der Waals surface area contributed by atoms with Crippen molar-refractivity contribution in [3.05, 3.63) is 59.2 Å². The monoisotopic (exact) mass is 419 g/mol. The van der Waals surface area contributed by atoms with E-state index in [1.165, 1.54) is 19.2 Å². The Bertz CT molecular complexity index is 885. The van der Waals surface area contributed by atoms with Crippen LogP contribution < -0.4 is 14.8 Å². The molecule has 0 unspecified atom stereocenters. The molecule has 1 N–H and O–H groups in total. The van der Waals surface area contributed by atoms with Crippen LogP contribution in [0.25, 0.3) is 0 Å². The molecule has 0 aliphatic rings. The average molecular weight is 419 g/mol. The van der Waals surface area contributed by atoms with E-state index in [9.17, 15) is 22.8 Å². The number of carbonyl (C=O) groups excluding carboxylic acids is 2. The summed E-state index contributed by atoms with van der Waals surface area (Å²) in [5.41, 5.74) is -0.165. The van der Waals surface area contributed by atoms with Gasteiger partial charge >= 0.3 is 6.18 Å². The van der Waals surface area contributed by atoms with E-state index in [2.05, 4.69) is 5.32 Å². The van der Waals surface area contributed by atoms with E-state index >= 15 is 0 Å². The van der Waals surface area contributed by atoms with Crippen molar-refractivity contribution >= 4 is 19.5 Å². The molecule has 0 fully saturated rings. The van der Waals surface area contributed by atoms with Gasteiger partial charge in [-0.2, -0.15) is 13.2 Å². The number of ketones is 1. The van der Waals surface area contributed by atoms with E-state index in [0.717, 1.165) is 13.2 Å². The molecule has 0 spiro atoms. The van der Waals surface area contributed by atoms with Crippen molar-refractivity contribution in [1.29, 1.82) is 0 Å². The number of methoxy groups -OCH3 is 2. The fourth-order valence-electron chi connectivity index (χ4n) is 2.84. The Labute approximate surface area is 174 Å². The molecule has 30 heavy (non-hydrogen) atoms. The third-order valence-corrected chi connectivity index (χ3v) is 4.36. The second kappa shape index (κ2) is 10.2. The van der Waals surface area contributed by atoms with E-state index in [4.69, 9.17) is 17.3 Å². The van der Waals surface area contributed by atoms with Crippen molar-refractivity contribution in [2.45, 2.75) is 31.4 Å². The van der Waals surface area contributed by atoms with Gasteiger partial charge in [-0.1, -0.05) is 6.07 Å². The maximum absolute atomic E-state index is 13.1. The summed E-state index contributed by atoms with van der Waals surface area (Å²) >= 11 is 0. The molecule has 2 radical (unpaired) electrons. The minimum Gasteiger partial charge on any atom is -0.497 e. The molecule has 2 aromatic carbocycles. The molecule has 1 atom stereocenters. The van der Waals surface area contributed by atoms with Gasteiger partial charge in [-0.3, -0.25) is 9.59 Å². The Morgan fingerprint density at radius 2 is 1.70 bits per heavy atom. The molecule has 1 amide bonds. The first-order chi connectivity index (χ1) is 14.1. The number of nitrogens with one attached hydrogen (secondary N) is 1. The van der Waals surface area contributed by atoms with Gasteiger partial charge in [0.15, 0.2) is 5.78 Å².